The summed E-state index contributed by atoms with van der Waals surface area (Å²) in [5.41, 5.74) is 7.78. The summed E-state index contributed by atoms with van der Waals surface area (Å²) in [6.07, 6.45) is 0.617. The average Bonchev–Trinajstić information content (AvgIpc) is 2.22. The zero-order chi connectivity index (χ0) is 11.4. The molecule has 0 amide bonds. The van der Waals surface area contributed by atoms with Crippen molar-refractivity contribution in [3.8, 4) is 5.75 Å². The van der Waals surface area contributed by atoms with E-state index < -0.39 is 0 Å². The number of aryl methyl sites for hydroxylation is 1. The van der Waals surface area contributed by atoms with Crippen molar-refractivity contribution < 1.29 is 9.84 Å². The standard InChI is InChI=1S/C11H16ClNO2/c1-7-3-11(15-2)10(12)5-8(7)4-9(13)6-14/h3,5,9,14H,4,6,13H2,1-2H3. The van der Waals surface area contributed by atoms with Crippen molar-refractivity contribution in [2.75, 3.05) is 13.7 Å². The van der Waals surface area contributed by atoms with Crippen molar-refractivity contribution in [2.24, 2.45) is 5.73 Å². The quantitative estimate of drug-likeness (QED) is 0.823. The Morgan fingerprint density at radius 3 is 2.73 bits per heavy atom. The topological polar surface area (TPSA) is 55.5 Å². The van der Waals surface area contributed by atoms with E-state index >= 15 is 0 Å². The average molecular weight is 230 g/mol. The van der Waals surface area contributed by atoms with Crippen LogP contribution in [0.25, 0.3) is 0 Å². The number of nitrogens with two attached hydrogens (primary N) is 1. The lowest BCUT2D eigenvalue weighted by Gasteiger charge is -2.13. The lowest BCUT2D eigenvalue weighted by atomic mass is 10.0. The van der Waals surface area contributed by atoms with Crippen molar-refractivity contribution in [1.29, 1.82) is 0 Å². The molecule has 4 heteroatoms. The largest absolute Gasteiger partial charge is 0.495 e. The van der Waals surface area contributed by atoms with Crippen molar-refractivity contribution in [3.63, 3.8) is 0 Å². The highest BCUT2D eigenvalue weighted by Crippen LogP contribution is 2.28. The van der Waals surface area contributed by atoms with Gasteiger partial charge in [-0.05, 0) is 36.6 Å². The summed E-state index contributed by atoms with van der Waals surface area (Å²) in [6.45, 7) is 1.95. The number of halogens is 1. The first-order valence-electron chi connectivity index (χ1n) is 4.78. The molecule has 84 valence electrons. The van der Waals surface area contributed by atoms with Crippen molar-refractivity contribution in [1.82, 2.24) is 0 Å². The van der Waals surface area contributed by atoms with Crippen LogP contribution >= 0.6 is 11.6 Å². The molecule has 0 aromatic heterocycles. The third-order valence-corrected chi connectivity index (χ3v) is 2.62. The van der Waals surface area contributed by atoms with Gasteiger partial charge in [-0.2, -0.15) is 0 Å². The van der Waals surface area contributed by atoms with Crippen LogP contribution in [0, 0.1) is 6.92 Å². The van der Waals surface area contributed by atoms with Gasteiger partial charge in [0.05, 0.1) is 18.7 Å². The first-order valence-corrected chi connectivity index (χ1v) is 5.15. The molecule has 0 spiro atoms. The van der Waals surface area contributed by atoms with Crippen molar-refractivity contribution >= 4 is 11.6 Å². The minimum Gasteiger partial charge on any atom is -0.495 e. The Kier molecular flexibility index (Phi) is 4.39. The Labute approximate surface area is 94.8 Å². The number of aliphatic hydroxyl groups is 1. The number of hydrogen-bond acceptors (Lipinski definition) is 3. The lowest BCUT2D eigenvalue weighted by Crippen LogP contribution is -2.27. The van der Waals surface area contributed by atoms with Gasteiger partial charge in [-0.15, -0.1) is 0 Å². The highest BCUT2D eigenvalue weighted by molar-refractivity contribution is 6.32. The normalized spacial score (nSPS) is 12.6. The van der Waals surface area contributed by atoms with E-state index in [0.717, 1.165) is 11.1 Å². The molecule has 1 atom stereocenters. The maximum atomic E-state index is 8.87. The van der Waals surface area contributed by atoms with Crippen LogP contribution in [0.1, 0.15) is 11.1 Å². The molecule has 3 N–H and O–H groups in total. The predicted octanol–water partition coefficient (Wildman–Crippen LogP) is 1.52. The Balaban J connectivity index is 2.95. The Bertz CT molecular complexity index is 342. The van der Waals surface area contributed by atoms with E-state index in [-0.39, 0.29) is 12.6 Å². The first-order chi connectivity index (χ1) is 7.08. The predicted molar refractivity (Wildman–Crippen MR) is 61.5 cm³/mol. The van der Waals surface area contributed by atoms with E-state index in [1.807, 2.05) is 19.1 Å². The zero-order valence-corrected chi connectivity index (χ0v) is 9.71. The van der Waals surface area contributed by atoms with E-state index in [0.29, 0.717) is 17.2 Å². The molecule has 1 aromatic carbocycles. The molecule has 0 saturated heterocycles. The smallest absolute Gasteiger partial charge is 0.137 e. The summed E-state index contributed by atoms with van der Waals surface area (Å²) in [7, 11) is 1.58. The molecule has 0 aliphatic carbocycles. The molecular weight excluding hydrogens is 214 g/mol. The van der Waals surface area contributed by atoms with Gasteiger partial charge in [0.2, 0.25) is 0 Å². The second kappa shape index (κ2) is 5.35. The Morgan fingerprint density at radius 2 is 2.20 bits per heavy atom. The number of rotatable bonds is 4. The fourth-order valence-electron chi connectivity index (χ4n) is 1.42. The summed E-state index contributed by atoms with van der Waals surface area (Å²) in [5.74, 6) is 0.662. The number of aliphatic hydroxyl groups excluding tert-OH is 1. The molecule has 0 radical (unpaired) electrons. The van der Waals surface area contributed by atoms with Crippen LogP contribution in [0.5, 0.6) is 5.75 Å². The first kappa shape index (κ1) is 12.3. The summed E-state index contributed by atoms with van der Waals surface area (Å²) in [6, 6.07) is 3.47. The fourth-order valence-corrected chi connectivity index (χ4v) is 1.68. The van der Waals surface area contributed by atoms with E-state index in [9.17, 15) is 0 Å². The highest BCUT2D eigenvalue weighted by atomic mass is 35.5. The SMILES string of the molecule is COc1cc(C)c(CC(N)CO)cc1Cl. The molecule has 0 aliphatic rings. The third kappa shape index (κ3) is 3.09. The summed E-state index contributed by atoms with van der Waals surface area (Å²) >= 11 is 6.00. The monoisotopic (exact) mass is 229 g/mol. The second-order valence-corrected chi connectivity index (χ2v) is 3.97. The molecule has 1 unspecified atom stereocenters. The van der Waals surface area contributed by atoms with Gasteiger partial charge < -0.3 is 15.6 Å². The van der Waals surface area contributed by atoms with Gasteiger partial charge in [-0.3, -0.25) is 0 Å². The highest BCUT2D eigenvalue weighted by Gasteiger charge is 2.09. The van der Waals surface area contributed by atoms with Gasteiger partial charge in [0.1, 0.15) is 5.75 Å². The van der Waals surface area contributed by atoms with Crippen LogP contribution in [-0.2, 0) is 6.42 Å². The van der Waals surface area contributed by atoms with Crippen LogP contribution in [-0.4, -0.2) is 24.9 Å². The number of ether oxygens (including phenoxy) is 1. The zero-order valence-electron chi connectivity index (χ0n) is 8.96. The lowest BCUT2D eigenvalue weighted by molar-refractivity contribution is 0.265. The van der Waals surface area contributed by atoms with Crippen LogP contribution in [0.4, 0.5) is 0 Å². The molecule has 0 aliphatic heterocycles. The van der Waals surface area contributed by atoms with Crippen molar-refractivity contribution in [3.05, 3.63) is 28.3 Å². The maximum Gasteiger partial charge on any atom is 0.137 e. The third-order valence-electron chi connectivity index (χ3n) is 2.33. The van der Waals surface area contributed by atoms with Gasteiger partial charge in [-0.25, -0.2) is 0 Å². The van der Waals surface area contributed by atoms with Gasteiger partial charge in [0.25, 0.3) is 0 Å². The molecular formula is C11H16ClNO2. The van der Waals surface area contributed by atoms with E-state index in [4.69, 9.17) is 27.2 Å². The van der Waals surface area contributed by atoms with Gasteiger partial charge in [0, 0.05) is 6.04 Å². The van der Waals surface area contributed by atoms with Gasteiger partial charge in [0.15, 0.2) is 0 Å². The van der Waals surface area contributed by atoms with Crippen LogP contribution < -0.4 is 10.5 Å². The molecule has 0 bridgehead atoms. The van der Waals surface area contributed by atoms with Crippen molar-refractivity contribution in [2.45, 2.75) is 19.4 Å². The van der Waals surface area contributed by atoms with E-state index in [1.54, 1.807) is 7.11 Å². The molecule has 15 heavy (non-hydrogen) atoms. The van der Waals surface area contributed by atoms with Crippen LogP contribution in [0.15, 0.2) is 12.1 Å². The summed E-state index contributed by atoms with van der Waals surface area (Å²) in [5, 5.41) is 9.45. The minimum atomic E-state index is -0.242. The number of benzene rings is 1. The second-order valence-electron chi connectivity index (χ2n) is 3.56. The maximum absolute atomic E-state index is 8.87. The fraction of sp³-hybridized carbons (Fsp3) is 0.455. The van der Waals surface area contributed by atoms with Gasteiger partial charge >= 0.3 is 0 Å². The minimum absolute atomic E-state index is 0.0247. The molecule has 3 nitrogen and oxygen atoms in total. The van der Waals surface area contributed by atoms with Crippen LogP contribution in [0.2, 0.25) is 5.02 Å². The van der Waals surface area contributed by atoms with Gasteiger partial charge in [-0.1, -0.05) is 11.6 Å². The summed E-state index contributed by atoms with van der Waals surface area (Å²) in [4.78, 5) is 0. The molecule has 1 aromatic rings. The molecule has 0 saturated carbocycles. The number of hydrogen-bond donors (Lipinski definition) is 2. The molecule has 0 fully saturated rings. The van der Waals surface area contributed by atoms with E-state index in [2.05, 4.69) is 0 Å². The van der Waals surface area contributed by atoms with Crippen LogP contribution in [0.3, 0.4) is 0 Å². The number of methoxy groups -OCH3 is 1. The Hall–Kier alpha value is -0.770. The molecule has 1 rings (SSSR count). The molecule has 0 heterocycles. The Morgan fingerprint density at radius 1 is 1.53 bits per heavy atom. The summed E-state index contributed by atoms with van der Waals surface area (Å²) < 4.78 is 5.10. The van der Waals surface area contributed by atoms with E-state index in [1.165, 1.54) is 0 Å².